The molecule has 6 atom stereocenters. The monoisotopic (exact) mass is 510 g/mol. The predicted molar refractivity (Wildman–Crippen MR) is 124 cm³/mol. The lowest BCUT2D eigenvalue weighted by atomic mass is 9.63. The Hall–Kier alpha value is -2.44. The number of rotatable bonds is 5. The summed E-state index contributed by atoms with van der Waals surface area (Å²) in [6, 6.07) is 13.1. The second-order valence-corrected chi connectivity index (χ2v) is 10.3. The summed E-state index contributed by atoms with van der Waals surface area (Å²) in [6.45, 7) is 0.418. The van der Waals surface area contributed by atoms with Crippen molar-refractivity contribution < 1.29 is 14.3 Å². The molecule has 0 unspecified atom stereocenters. The number of imide groups is 1. The van der Waals surface area contributed by atoms with E-state index < -0.39 is 0 Å². The second kappa shape index (κ2) is 7.56. The van der Waals surface area contributed by atoms with E-state index in [4.69, 9.17) is 16.3 Å². The lowest BCUT2D eigenvalue weighted by Crippen LogP contribution is -2.40. The number of halogens is 2. The smallest absolute Gasteiger partial charge is 0.254 e. The van der Waals surface area contributed by atoms with Crippen LogP contribution in [0, 0.1) is 35.5 Å². The van der Waals surface area contributed by atoms with Crippen molar-refractivity contribution in [2.45, 2.75) is 13.0 Å². The van der Waals surface area contributed by atoms with E-state index in [0.717, 1.165) is 27.0 Å². The second-order valence-electron chi connectivity index (χ2n) is 8.99. The number of amides is 2. The third-order valence-electron chi connectivity index (χ3n) is 7.23. The lowest BCUT2D eigenvalue weighted by molar-refractivity contribution is -0.140. The van der Waals surface area contributed by atoms with Gasteiger partial charge in [0.2, 0.25) is 0 Å². The van der Waals surface area contributed by atoms with E-state index >= 15 is 0 Å². The molecule has 2 aromatic carbocycles. The van der Waals surface area contributed by atoms with Gasteiger partial charge in [-0.05, 0) is 87.5 Å². The van der Waals surface area contributed by atoms with Crippen molar-refractivity contribution in [3.05, 3.63) is 75.2 Å². The minimum absolute atomic E-state index is 0.150. The third kappa shape index (κ3) is 3.23. The van der Waals surface area contributed by atoms with Crippen molar-refractivity contribution in [2.24, 2.45) is 40.6 Å². The first kappa shape index (κ1) is 20.2. The van der Waals surface area contributed by atoms with Gasteiger partial charge in [-0.2, -0.15) is 10.1 Å². The molecule has 0 radical (unpaired) electrons. The number of benzene rings is 2. The molecule has 7 rings (SSSR count). The van der Waals surface area contributed by atoms with E-state index in [1.165, 1.54) is 0 Å². The highest BCUT2D eigenvalue weighted by molar-refractivity contribution is 9.10. The fourth-order valence-corrected chi connectivity index (χ4v) is 6.27. The largest absolute Gasteiger partial charge is 0.488 e. The maximum Gasteiger partial charge on any atom is 0.254 e. The van der Waals surface area contributed by atoms with E-state index in [0.29, 0.717) is 29.2 Å². The van der Waals surface area contributed by atoms with Crippen LogP contribution in [-0.4, -0.2) is 23.0 Å². The Morgan fingerprint density at radius 2 is 1.69 bits per heavy atom. The molecular formula is C25H20BrClN2O3. The Kier molecular flexibility index (Phi) is 4.77. The van der Waals surface area contributed by atoms with Gasteiger partial charge in [-0.1, -0.05) is 35.9 Å². The zero-order chi connectivity index (χ0) is 22.0. The number of carbonyl (C=O) groups excluding carboxylic acids is 2. The molecule has 2 bridgehead atoms. The Morgan fingerprint density at radius 3 is 2.31 bits per heavy atom. The van der Waals surface area contributed by atoms with E-state index in [1.54, 1.807) is 6.21 Å². The van der Waals surface area contributed by atoms with Gasteiger partial charge in [0.15, 0.2) is 0 Å². The van der Waals surface area contributed by atoms with E-state index in [2.05, 4.69) is 33.2 Å². The van der Waals surface area contributed by atoms with Gasteiger partial charge < -0.3 is 4.74 Å². The number of carbonyl (C=O) groups is 2. The number of ether oxygens (including phenoxy) is 1. The Bertz CT molecular complexity index is 1140. The van der Waals surface area contributed by atoms with Crippen LogP contribution >= 0.6 is 27.5 Å². The van der Waals surface area contributed by atoms with Gasteiger partial charge in [-0.25, -0.2) is 0 Å². The number of hydrazone groups is 1. The van der Waals surface area contributed by atoms with Crippen LogP contribution in [0.25, 0.3) is 0 Å². The summed E-state index contributed by atoms with van der Waals surface area (Å²) in [6.07, 6.45) is 7.05. The topological polar surface area (TPSA) is 59.0 Å². The van der Waals surface area contributed by atoms with Gasteiger partial charge in [0.05, 0.1) is 22.5 Å². The first-order chi connectivity index (χ1) is 15.5. The van der Waals surface area contributed by atoms with Crippen LogP contribution in [0.5, 0.6) is 5.75 Å². The van der Waals surface area contributed by atoms with Gasteiger partial charge in [0.25, 0.3) is 11.8 Å². The van der Waals surface area contributed by atoms with Crippen molar-refractivity contribution in [2.75, 3.05) is 0 Å². The molecule has 3 fully saturated rings. The molecule has 2 amide bonds. The van der Waals surface area contributed by atoms with E-state index in [1.807, 2.05) is 42.5 Å². The molecule has 2 aromatic rings. The average molecular weight is 512 g/mol. The highest BCUT2D eigenvalue weighted by Crippen LogP contribution is 2.65. The van der Waals surface area contributed by atoms with Gasteiger partial charge in [0, 0.05) is 5.02 Å². The van der Waals surface area contributed by atoms with E-state index in [-0.39, 0.29) is 35.5 Å². The molecule has 32 heavy (non-hydrogen) atoms. The van der Waals surface area contributed by atoms with Gasteiger partial charge in [-0.3, -0.25) is 9.59 Å². The Labute approximate surface area is 199 Å². The van der Waals surface area contributed by atoms with Gasteiger partial charge >= 0.3 is 0 Å². The minimum atomic E-state index is -0.228. The van der Waals surface area contributed by atoms with Crippen LogP contribution in [0.4, 0.5) is 0 Å². The van der Waals surface area contributed by atoms with Crippen molar-refractivity contribution in [3.63, 3.8) is 0 Å². The SMILES string of the molecule is O=C1[C@@H]2[C@H]3C=C[C@@H]([C@@H]4C[C@@H]34)[C@H]2C(=O)N1N=Cc1ccc(OCc2ccc(Cl)cc2)c(Br)c1. The quantitative estimate of drug-likeness (QED) is 0.320. The zero-order valence-electron chi connectivity index (χ0n) is 17.0. The Balaban J connectivity index is 1.15. The number of nitrogens with zero attached hydrogens (tertiary/aromatic N) is 2. The molecule has 162 valence electrons. The molecule has 1 saturated heterocycles. The maximum absolute atomic E-state index is 13.0. The molecule has 0 N–H and O–H groups in total. The fraction of sp³-hybridized carbons (Fsp3) is 0.320. The average Bonchev–Trinajstić information content (AvgIpc) is 3.57. The minimum Gasteiger partial charge on any atom is -0.488 e. The predicted octanol–water partition coefficient (Wildman–Crippen LogP) is 5.07. The van der Waals surface area contributed by atoms with Crippen molar-refractivity contribution in [3.8, 4) is 5.75 Å². The number of allylic oxidation sites excluding steroid dienone is 2. The van der Waals surface area contributed by atoms with E-state index in [9.17, 15) is 9.59 Å². The maximum atomic E-state index is 13.0. The van der Waals surface area contributed by atoms with Gasteiger partial charge in [0.1, 0.15) is 12.4 Å². The summed E-state index contributed by atoms with van der Waals surface area (Å²) in [5.74, 6) is 1.52. The molecule has 2 saturated carbocycles. The highest BCUT2D eigenvalue weighted by atomic mass is 79.9. The summed E-state index contributed by atoms with van der Waals surface area (Å²) in [4.78, 5) is 26.0. The first-order valence-corrected chi connectivity index (χ1v) is 12.0. The van der Waals surface area contributed by atoms with Crippen LogP contribution < -0.4 is 4.74 Å². The summed E-state index contributed by atoms with van der Waals surface area (Å²) >= 11 is 9.45. The van der Waals surface area contributed by atoms with Crippen molar-refractivity contribution >= 4 is 45.6 Å². The molecule has 4 aliphatic carbocycles. The standard InChI is InChI=1S/C25H20BrClN2O3/c26-20-9-14(3-8-21(20)32-12-13-1-4-15(27)5-2-13)11-28-29-24(30)22-16-6-7-17(19-10-18(16)19)23(22)25(29)31/h1-9,11,16-19,22-23H,10,12H2/t16-,17-,18-,19-,22+,23+/m0/s1. The fourth-order valence-electron chi connectivity index (χ4n) is 5.64. The molecule has 1 aliphatic heterocycles. The molecular weight excluding hydrogens is 492 g/mol. The first-order valence-electron chi connectivity index (χ1n) is 10.8. The van der Waals surface area contributed by atoms with Crippen LogP contribution in [0.3, 0.4) is 0 Å². The Morgan fingerprint density at radius 1 is 1.03 bits per heavy atom. The van der Waals surface area contributed by atoms with Crippen LogP contribution in [0.1, 0.15) is 17.5 Å². The molecule has 1 heterocycles. The lowest BCUT2D eigenvalue weighted by Gasteiger charge is -2.37. The van der Waals surface area contributed by atoms with Crippen molar-refractivity contribution in [1.29, 1.82) is 0 Å². The normalized spacial score (nSPS) is 31.9. The molecule has 0 aromatic heterocycles. The number of hydrogen-bond acceptors (Lipinski definition) is 4. The highest BCUT2D eigenvalue weighted by Gasteiger charge is 2.67. The van der Waals surface area contributed by atoms with Crippen LogP contribution in [0.2, 0.25) is 5.02 Å². The molecule has 0 spiro atoms. The summed E-state index contributed by atoms with van der Waals surface area (Å²) in [5, 5.41) is 6.09. The van der Waals surface area contributed by atoms with Crippen molar-refractivity contribution in [1.82, 2.24) is 5.01 Å². The number of hydrogen-bond donors (Lipinski definition) is 0. The summed E-state index contributed by atoms with van der Waals surface area (Å²) in [7, 11) is 0. The third-order valence-corrected chi connectivity index (χ3v) is 8.10. The van der Waals surface area contributed by atoms with Gasteiger partial charge in [-0.15, -0.1) is 0 Å². The zero-order valence-corrected chi connectivity index (χ0v) is 19.4. The van der Waals surface area contributed by atoms with Crippen LogP contribution in [0.15, 0.2) is 64.2 Å². The van der Waals surface area contributed by atoms with Crippen LogP contribution in [-0.2, 0) is 16.2 Å². The molecule has 5 nitrogen and oxygen atoms in total. The summed E-state index contributed by atoms with van der Waals surface area (Å²) in [5.41, 5.74) is 1.79. The molecule has 5 aliphatic rings. The summed E-state index contributed by atoms with van der Waals surface area (Å²) < 4.78 is 6.65. The molecule has 7 heteroatoms.